The number of carbonyl (C=O) groups is 1. The normalized spacial score (nSPS) is 11.6. The van der Waals surface area contributed by atoms with Crippen LogP contribution in [-0.2, 0) is 15.5 Å². The zero-order valence-corrected chi connectivity index (χ0v) is 29.8. The molecule has 0 aliphatic heterocycles. The van der Waals surface area contributed by atoms with E-state index in [2.05, 4.69) is 32.3 Å². The summed E-state index contributed by atoms with van der Waals surface area (Å²) in [5, 5.41) is 8.98. The predicted molar refractivity (Wildman–Crippen MR) is 193 cm³/mol. The van der Waals surface area contributed by atoms with Gasteiger partial charge in [-0.1, -0.05) is 24.3 Å². The molecule has 4 aromatic rings. The van der Waals surface area contributed by atoms with E-state index >= 15 is 0 Å². The summed E-state index contributed by atoms with van der Waals surface area (Å²) in [5.41, 5.74) is 17.0. The van der Waals surface area contributed by atoms with Crippen LogP contribution in [-0.4, -0.2) is 35.8 Å². The van der Waals surface area contributed by atoms with Gasteiger partial charge in [0, 0.05) is 18.0 Å². The maximum Gasteiger partial charge on any atom is 0.343 e. The number of ether oxygens (including phenoxy) is 3. The van der Waals surface area contributed by atoms with Crippen LogP contribution in [0.5, 0.6) is 11.5 Å². The molecule has 10 heteroatoms. The van der Waals surface area contributed by atoms with E-state index in [0.29, 0.717) is 53.8 Å². The van der Waals surface area contributed by atoms with E-state index in [4.69, 9.17) is 35.1 Å². The maximum atomic E-state index is 12.7. The molecule has 0 bridgehead atoms. The molecule has 0 aliphatic carbocycles. The molecule has 0 aromatic heterocycles. The van der Waals surface area contributed by atoms with Crippen molar-refractivity contribution in [2.24, 2.45) is 0 Å². The summed E-state index contributed by atoms with van der Waals surface area (Å²) in [6, 6.07) is 31.4. The first-order chi connectivity index (χ1) is 22.4. The molecule has 0 saturated heterocycles. The molecule has 0 spiro atoms. The Morgan fingerprint density at radius 2 is 1.26 bits per heavy atom. The number of nitriles is 1. The number of nitrogen functional groups attached to an aromatic ring is 2. The number of nitrogens with zero attached hydrogens (tertiary/aromatic N) is 1. The van der Waals surface area contributed by atoms with Crippen LogP contribution in [0.3, 0.4) is 0 Å². The smallest absolute Gasteiger partial charge is 0.343 e. The Morgan fingerprint density at radius 3 is 1.83 bits per heavy atom. The fraction of sp³-hybridized carbons (Fsp3) is 0.297. The first-order valence-corrected chi connectivity index (χ1v) is 22.1. The summed E-state index contributed by atoms with van der Waals surface area (Å²) < 4.78 is 24.2. The van der Waals surface area contributed by atoms with Crippen molar-refractivity contribution in [3.05, 3.63) is 108 Å². The van der Waals surface area contributed by atoms with Gasteiger partial charge in [-0.25, -0.2) is 4.79 Å². The average Bonchev–Trinajstić information content (AvgIpc) is 3.02. The van der Waals surface area contributed by atoms with Gasteiger partial charge in [-0.2, -0.15) is 5.26 Å². The molecule has 4 N–H and O–H groups in total. The maximum absolute atomic E-state index is 12.7. The van der Waals surface area contributed by atoms with E-state index < -0.39 is 22.6 Å². The highest BCUT2D eigenvalue weighted by Gasteiger charge is 2.32. The van der Waals surface area contributed by atoms with Crippen molar-refractivity contribution >= 4 is 34.0 Å². The van der Waals surface area contributed by atoms with Crippen molar-refractivity contribution < 1.29 is 23.1 Å². The average molecular weight is 668 g/mol. The number of hydrogen-bond donors (Lipinski definition) is 2. The number of nitrogens with two attached hydrogens (primary N) is 2. The monoisotopic (exact) mass is 667 g/mol. The number of anilines is 2. The van der Waals surface area contributed by atoms with Crippen molar-refractivity contribution in [3.63, 3.8) is 0 Å². The summed E-state index contributed by atoms with van der Waals surface area (Å²) in [7, 11) is -3.69. The van der Waals surface area contributed by atoms with Crippen molar-refractivity contribution in [1.82, 2.24) is 0 Å². The SMILES string of the molecule is C[Si](C)(CCCOCc1cc(N)cc(N)c1)O[Si](C)(C)CCCOc1ccc(C(=O)Oc2ccc(-c3ccc(C#N)cc3)cc2)cc1. The van der Waals surface area contributed by atoms with Gasteiger partial charge in [0.15, 0.2) is 16.6 Å². The molecule has 0 atom stereocenters. The van der Waals surface area contributed by atoms with E-state index in [9.17, 15) is 4.79 Å². The molecule has 0 radical (unpaired) electrons. The fourth-order valence-corrected chi connectivity index (χ4v) is 14.3. The summed E-state index contributed by atoms with van der Waals surface area (Å²) in [4.78, 5) is 12.7. The Hall–Kier alpha value is -4.41. The van der Waals surface area contributed by atoms with Crippen molar-refractivity contribution in [2.75, 3.05) is 24.7 Å². The minimum Gasteiger partial charge on any atom is -0.494 e. The summed E-state index contributed by atoms with van der Waals surface area (Å²) in [5.74, 6) is 0.739. The van der Waals surface area contributed by atoms with E-state index in [-0.39, 0.29) is 0 Å². The quantitative estimate of drug-likeness (QED) is 0.0401. The Morgan fingerprint density at radius 1 is 0.723 bits per heavy atom. The number of hydrogen-bond acceptors (Lipinski definition) is 8. The van der Waals surface area contributed by atoms with Gasteiger partial charge in [-0.3, -0.25) is 0 Å². The minimum absolute atomic E-state index is 0.433. The molecule has 47 heavy (non-hydrogen) atoms. The highest BCUT2D eigenvalue weighted by Crippen LogP contribution is 2.26. The topological polar surface area (TPSA) is 130 Å². The summed E-state index contributed by atoms with van der Waals surface area (Å²) in [6.07, 6.45) is 1.86. The summed E-state index contributed by atoms with van der Waals surface area (Å²) >= 11 is 0. The molecule has 246 valence electrons. The predicted octanol–water partition coefficient (Wildman–Crippen LogP) is 8.41. The van der Waals surface area contributed by atoms with Crippen LogP contribution in [0.4, 0.5) is 11.4 Å². The third-order valence-corrected chi connectivity index (χ3v) is 15.2. The fourth-order valence-electron chi connectivity index (χ4n) is 5.46. The second-order valence-electron chi connectivity index (χ2n) is 12.9. The van der Waals surface area contributed by atoms with Crippen LogP contribution >= 0.6 is 0 Å². The van der Waals surface area contributed by atoms with Crippen molar-refractivity contribution in [2.45, 2.75) is 57.7 Å². The van der Waals surface area contributed by atoms with Gasteiger partial charge in [-0.15, -0.1) is 0 Å². The van der Waals surface area contributed by atoms with Crippen LogP contribution in [0.1, 0.15) is 34.3 Å². The van der Waals surface area contributed by atoms with Crippen LogP contribution in [0.15, 0.2) is 91.0 Å². The lowest BCUT2D eigenvalue weighted by atomic mass is 10.0. The third-order valence-electron chi connectivity index (χ3n) is 7.62. The molecular weight excluding hydrogens is 623 g/mol. The van der Waals surface area contributed by atoms with Crippen LogP contribution in [0.2, 0.25) is 38.3 Å². The van der Waals surface area contributed by atoms with Crippen LogP contribution in [0.25, 0.3) is 11.1 Å². The zero-order chi connectivity index (χ0) is 33.9. The van der Waals surface area contributed by atoms with Gasteiger partial charge in [0.1, 0.15) is 11.5 Å². The molecule has 0 unspecified atom stereocenters. The van der Waals surface area contributed by atoms with Gasteiger partial charge in [0.25, 0.3) is 0 Å². The molecule has 8 nitrogen and oxygen atoms in total. The molecule has 4 rings (SSSR count). The van der Waals surface area contributed by atoms with Crippen molar-refractivity contribution in [1.29, 1.82) is 5.26 Å². The first kappa shape index (κ1) is 35.4. The lowest BCUT2D eigenvalue weighted by molar-refractivity contribution is 0.0734. The van der Waals surface area contributed by atoms with Gasteiger partial charge >= 0.3 is 5.97 Å². The number of benzene rings is 4. The lowest BCUT2D eigenvalue weighted by Crippen LogP contribution is -2.44. The number of esters is 1. The number of rotatable bonds is 16. The second kappa shape index (κ2) is 16.4. The second-order valence-corrected chi connectivity index (χ2v) is 21.7. The van der Waals surface area contributed by atoms with Gasteiger partial charge in [0.05, 0.1) is 30.4 Å². The third kappa shape index (κ3) is 11.7. The molecule has 4 aromatic carbocycles. The highest BCUT2D eigenvalue weighted by atomic mass is 28.4. The van der Waals surface area contributed by atoms with Gasteiger partial charge in [-0.05, 0) is 135 Å². The molecule has 0 fully saturated rings. The van der Waals surface area contributed by atoms with Crippen LogP contribution < -0.4 is 20.9 Å². The van der Waals surface area contributed by atoms with Crippen LogP contribution in [0, 0.1) is 11.3 Å². The highest BCUT2D eigenvalue weighted by molar-refractivity contribution is 6.84. The Balaban J connectivity index is 1.14. The Bertz CT molecular complexity index is 1630. The number of carbonyl (C=O) groups excluding carboxylic acids is 1. The Kier molecular flexibility index (Phi) is 12.4. The minimum atomic E-state index is -1.86. The van der Waals surface area contributed by atoms with E-state index in [1.165, 1.54) is 0 Å². The van der Waals surface area contributed by atoms with Crippen molar-refractivity contribution in [3.8, 4) is 28.7 Å². The molecule has 0 aliphatic rings. The molecular formula is C37H45N3O5Si2. The van der Waals surface area contributed by atoms with E-state index in [1.807, 2.05) is 36.4 Å². The zero-order valence-electron chi connectivity index (χ0n) is 27.8. The van der Waals surface area contributed by atoms with Gasteiger partial charge in [0.2, 0.25) is 0 Å². The standard InChI is InChI=1S/C37H45N3O5Si2/c1-46(2,21-5-19-42-27-29-23-33(39)25-34(40)24-29)45-47(3,4)22-6-20-43-35-15-13-32(14-16-35)37(41)44-36-17-11-31(12-18-36)30-9-7-28(26-38)8-10-30/h7-18,23-25H,5-6,19-22,27,39-40H2,1-4H3. The first-order valence-electron chi connectivity index (χ1n) is 15.9. The van der Waals surface area contributed by atoms with E-state index in [1.54, 1.807) is 54.6 Å². The van der Waals surface area contributed by atoms with Gasteiger partial charge < -0.3 is 29.8 Å². The molecule has 0 saturated carbocycles. The molecule has 0 amide bonds. The Labute approximate surface area is 280 Å². The largest absolute Gasteiger partial charge is 0.494 e. The molecule has 0 heterocycles. The van der Waals surface area contributed by atoms with E-state index in [0.717, 1.165) is 41.6 Å². The lowest BCUT2D eigenvalue weighted by Gasteiger charge is -2.34. The summed E-state index contributed by atoms with van der Waals surface area (Å²) in [6.45, 7) is 10.9.